The Balaban J connectivity index is 2.07. The summed E-state index contributed by atoms with van der Waals surface area (Å²) < 4.78 is 17.0. The molecule has 1 heterocycles. The fourth-order valence-electron chi connectivity index (χ4n) is 2.74. The standard InChI is InChI=1S/C11H20O3/c1-7-5-8(6-12-4)10-9(7)13-11(2,3)14-10/h7-10H,5-6H2,1-4H3/t7-,8-,9+,10-/m1/s1. The largest absolute Gasteiger partial charge is 0.384 e. The van der Waals surface area contributed by atoms with Gasteiger partial charge in [-0.3, -0.25) is 0 Å². The van der Waals surface area contributed by atoms with Crippen molar-refractivity contribution in [2.75, 3.05) is 13.7 Å². The first-order valence-electron chi connectivity index (χ1n) is 5.38. The lowest BCUT2D eigenvalue weighted by molar-refractivity contribution is -0.162. The van der Waals surface area contributed by atoms with Crippen LogP contribution in [0.1, 0.15) is 27.2 Å². The zero-order valence-corrected chi connectivity index (χ0v) is 9.45. The molecule has 2 fully saturated rings. The van der Waals surface area contributed by atoms with E-state index >= 15 is 0 Å². The molecule has 1 aliphatic carbocycles. The van der Waals surface area contributed by atoms with Crippen LogP contribution >= 0.6 is 0 Å². The summed E-state index contributed by atoms with van der Waals surface area (Å²) in [6.45, 7) is 6.99. The van der Waals surface area contributed by atoms with Gasteiger partial charge in [-0.15, -0.1) is 0 Å². The SMILES string of the molecule is COC[C@H]1C[C@@H](C)[C@@H]2OC(C)(C)O[C@H]12. The monoisotopic (exact) mass is 200 g/mol. The third kappa shape index (κ3) is 1.69. The maximum Gasteiger partial charge on any atom is 0.163 e. The summed E-state index contributed by atoms with van der Waals surface area (Å²) in [7, 11) is 1.75. The third-order valence-electron chi connectivity index (χ3n) is 3.24. The topological polar surface area (TPSA) is 27.7 Å². The molecule has 0 radical (unpaired) electrons. The minimum atomic E-state index is -0.407. The molecule has 0 aromatic carbocycles. The second-order valence-corrected chi connectivity index (χ2v) is 4.99. The van der Waals surface area contributed by atoms with Crippen LogP contribution in [-0.2, 0) is 14.2 Å². The summed E-state index contributed by atoms with van der Waals surface area (Å²) in [6, 6.07) is 0. The van der Waals surface area contributed by atoms with Crippen LogP contribution in [0.25, 0.3) is 0 Å². The molecule has 3 heteroatoms. The van der Waals surface area contributed by atoms with Gasteiger partial charge in [-0.05, 0) is 26.2 Å². The number of hydrogen-bond acceptors (Lipinski definition) is 3. The lowest BCUT2D eigenvalue weighted by Gasteiger charge is -2.22. The van der Waals surface area contributed by atoms with Gasteiger partial charge in [0.25, 0.3) is 0 Å². The molecule has 2 aliphatic rings. The van der Waals surface area contributed by atoms with Crippen molar-refractivity contribution in [2.24, 2.45) is 11.8 Å². The van der Waals surface area contributed by atoms with Crippen molar-refractivity contribution >= 4 is 0 Å². The Morgan fingerprint density at radius 3 is 2.57 bits per heavy atom. The molecule has 0 spiro atoms. The molecule has 0 aromatic rings. The first-order valence-corrected chi connectivity index (χ1v) is 5.38. The van der Waals surface area contributed by atoms with Gasteiger partial charge in [0.05, 0.1) is 18.8 Å². The van der Waals surface area contributed by atoms with Gasteiger partial charge < -0.3 is 14.2 Å². The van der Waals surface area contributed by atoms with Gasteiger partial charge >= 0.3 is 0 Å². The number of ether oxygens (including phenoxy) is 3. The van der Waals surface area contributed by atoms with Crippen molar-refractivity contribution in [3.63, 3.8) is 0 Å². The Labute approximate surface area is 85.7 Å². The van der Waals surface area contributed by atoms with Crippen LogP contribution in [0.3, 0.4) is 0 Å². The Kier molecular flexibility index (Phi) is 2.58. The molecule has 4 atom stereocenters. The first kappa shape index (κ1) is 10.4. The van der Waals surface area contributed by atoms with Crippen LogP contribution in [0.5, 0.6) is 0 Å². The quantitative estimate of drug-likeness (QED) is 0.680. The van der Waals surface area contributed by atoms with Crippen molar-refractivity contribution in [1.29, 1.82) is 0 Å². The third-order valence-corrected chi connectivity index (χ3v) is 3.24. The van der Waals surface area contributed by atoms with E-state index < -0.39 is 5.79 Å². The Morgan fingerprint density at radius 1 is 1.29 bits per heavy atom. The van der Waals surface area contributed by atoms with Crippen molar-refractivity contribution < 1.29 is 14.2 Å². The van der Waals surface area contributed by atoms with Crippen LogP contribution in [-0.4, -0.2) is 31.7 Å². The molecule has 3 nitrogen and oxygen atoms in total. The van der Waals surface area contributed by atoms with E-state index in [-0.39, 0.29) is 12.2 Å². The number of rotatable bonds is 2. The lowest BCUT2D eigenvalue weighted by Crippen LogP contribution is -2.27. The summed E-state index contributed by atoms with van der Waals surface area (Å²) in [4.78, 5) is 0. The number of methoxy groups -OCH3 is 1. The average Bonchev–Trinajstić information content (AvgIpc) is 2.51. The zero-order chi connectivity index (χ0) is 10.3. The minimum absolute atomic E-state index is 0.236. The summed E-state index contributed by atoms with van der Waals surface area (Å²) in [5.74, 6) is 0.680. The maximum absolute atomic E-state index is 5.91. The van der Waals surface area contributed by atoms with Gasteiger partial charge in [0.2, 0.25) is 0 Å². The van der Waals surface area contributed by atoms with Gasteiger partial charge in [-0.1, -0.05) is 6.92 Å². The van der Waals surface area contributed by atoms with Gasteiger partial charge in [-0.2, -0.15) is 0 Å². The molecule has 0 aromatic heterocycles. The van der Waals surface area contributed by atoms with E-state index in [1.165, 1.54) is 0 Å². The number of fused-ring (bicyclic) bond motifs is 1. The van der Waals surface area contributed by atoms with Crippen molar-refractivity contribution in [2.45, 2.75) is 45.2 Å². The van der Waals surface area contributed by atoms with Gasteiger partial charge in [-0.25, -0.2) is 0 Å². The van der Waals surface area contributed by atoms with E-state index in [1.54, 1.807) is 7.11 Å². The second-order valence-electron chi connectivity index (χ2n) is 4.99. The average molecular weight is 200 g/mol. The molecule has 14 heavy (non-hydrogen) atoms. The number of hydrogen-bond donors (Lipinski definition) is 0. The minimum Gasteiger partial charge on any atom is -0.384 e. The molecule has 1 aliphatic heterocycles. The van der Waals surface area contributed by atoms with E-state index in [9.17, 15) is 0 Å². The van der Waals surface area contributed by atoms with E-state index in [1.807, 2.05) is 13.8 Å². The normalized spacial score (nSPS) is 45.4. The lowest BCUT2D eigenvalue weighted by atomic mass is 10.1. The molecule has 0 N–H and O–H groups in total. The predicted octanol–water partition coefficient (Wildman–Crippen LogP) is 1.81. The van der Waals surface area contributed by atoms with Gasteiger partial charge in [0.1, 0.15) is 0 Å². The molecule has 0 unspecified atom stereocenters. The molecule has 82 valence electrons. The van der Waals surface area contributed by atoms with Crippen LogP contribution < -0.4 is 0 Å². The highest BCUT2D eigenvalue weighted by Gasteiger charge is 2.52. The van der Waals surface area contributed by atoms with Crippen molar-refractivity contribution in [1.82, 2.24) is 0 Å². The summed E-state index contributed by atoms with van der Waals surface area (Å²) in [5.41, 5.74) is 0. The van der Waals surface area contributed by atoms with Gasteiger partial charge in [0, 0.05) is 13.0 Å². The predicted molar refractivity (Wildman–Crippen MR) is 53.0 cm³/mol. The Morgan fingerprint density at radius 2 is 1.93 bits per heavy atom. The van der Waals surface area contributed by atoms with Crippen LogP contribution in [0.15, 0.2) is 0 Å². The Hall–Kier alpha value is -0.120. The molecule has 0 bridgehead atoms. The van der Waals surface area contributed by atoms with E-state index in [4.69, 9.17) is 14.2 Å². The summed E-state index contributed by atoms with van der Waals surface area (Å²) >= 11 is 0. The van der Waals surface area contributed by atoms with Crippen molar-refractivity contribution in [3.05, 3.63) is 0 Å². The molecule has 1 saturated carbocycles. The molecule has 0 amide bonds. The van der Waals surface area contributed by atoms with E-state index in [0.717, 1.165) is 13.0 Å². The van der Waals surface area contributed by atoms with Crippen LogP contribution in [0, 0.1) is 11.8 Å². The fraction of sp³-hybridized carbons (Fsp3) is 1.00. The van der Waals surface area contributed by atoms with Crippen LogP contribution in [0.4, 0.5) is 0 Å². The zero-order valence-electron chi connectivity index (χ0n) is 9.45. The van der Waals surface area contributed by atoms with Gasteiger partial charge in [0.15, 0.2) is 5.79 Å². The summed E-state index contributed by atoms with van der Waals surface area (Å²) in [6.07, 6.45) is 1.66. The van der Waals surface area contributed by atoms with E-state index in [0.29, 0.717) is 11.8 Å². The highest BCUT2D eigenvalue weighted by molar-refractivity contribution is 4.96. The molecule has 1 saturated heterocycles. The van der Waals surface area contributed by atoms with Crippen LogP contribution in [0.2, 0.25) is 0 Å². The summed E-state index contributed by atoms with van der Waals surface area (Å²) in [5, 5.41) is 0. The highest BCUT2D eigenvalue weighted by Crippen LogP contribution is 2.44. The first-order chi connectivity index (χ1) is 6.53. The maximum atomic E-state index is 5.91. The molecule has 2 rings (SSSR count). The van der Waals surface area contributed by atoms with Crippen molar-refractivity contribution in [3.8, 4) is 0 Å². The highest BCUT2D eigenvalue weighted by atomic mass is 16.8. The molecular weight excluding hydrogens is 180 g/mol. The second kappa shape index (κ2) is 3.47. The van der Waals surface area contributed by atoms with E-state index in [2.05, 4.69) is 6.92 Å². The molecular formula is C11H20O3. The smallest absolute Gasteiger partial charge is 0.163 e. The Bertz CT molecular complexity index is 215. The fourth-order valence-corrected chi connectivity index (χ4v) is 2.74.